The van der Waals surface area contributed by atoms with E-state index in [2.05, 4.69) is 70.9 Å². The van der Waals surface area contributed by atoms with E-state index < -0.39 is 9.84 Å². The van der Waals surface area contributed by atoms with Gasteiger partial charge < -0.3 is 14.8 Å². The van der Waals surface area contributed by atoms with Gasteiger partial charge in [0, 0.05) is 48.6 Å². The van der Waals surface area contributed by atoms with Crippen LogP contribution in [0.15, 0.2) is 24.7 Å². The number of hydrogen-bond acceptors (Lipinski definition) is 7. The van der Waals surface area contributed by atoms with Crippen molar-refractivity contribution in [1.82, 2.24) is 29.5 Å². The Morgan fingerprint density at radius 1 is 1.11 bits per heavy atom. The summed E-state index contributed by atoms with van der Waals surface area (Å²) in [5, 5.41) is 4.40. The molecule has 10 heteroatoms. The largest absolute Gasteiger partial charge is 0.355 e. The molecule has 0 unspecified atom stereocenters. The van der Waals surface area contributed by atoms with E-state index in [1.54, 1.807) is 6.33 Å². The van der Waals surface area contributed by atoms with E-state index in [1.807, 2.05) is 4.52 Å². The number of hydrogen-bond donors (Lipinski definition) is 1. The van der Waals surface area contributed by atoms with Crippen LogP contribution in [0.2, 0.25) is 0 Å². The fourth-order valence-electron chi connectivity index (χ4n) is 6.27. The number of rotatable bonds is 6. The third kappa shape index (κ3) is 4.37. The zero-order chi connectivity index (χ0) is 26.8. The zero-order valence-corrected chi connectivity index (χ0v) is 23.8. The fourth-order valence-corrected chi connectivity index (χ4v) is 6.86. The van der Waals surface area contributed by atoms with Gasteiger partial charge in [-0.15, -0.1) is 0 Å². The molecule has 0 atom stereocenters. The number of aromatic nitrogens is 5. The summed E-state index contributed by atoms with van der Waals surface area (Å²) in [5.74, 6) is 1.58. The highest BCUT2D eigenvalue weighted by Gasteiger charge is 2.45. The highest BCUT2D eigenvalue weighted by atomic mass is 32.2. The van der Waals surface area contributed by atoms with Crippen LogP contribution in [-0.2, 0) is 9.84 Å². The standard InChI is InChI=1S/C28H37N7O2S/c1-18(2)24-25(21-14-35-27(29-17-30-35)20(4)19(21)3)31-22-6-7-23(32-26(22)24)34-15-28(16-34)8-10-33(11-9-28)12-13-38(5,36)37/h6-7,14,17-18,31H,8-13,15-16H2,1-5H3. The van der Waals surface area contributed by atoms with Crippen molar-refractivity contribution < 1.29 is 8.42 Å². The minimum atomic E-state index is -2.91. The number of pyridine rings is 2. The Morgan fingerprint density at radius 2 is 1.84 bits per heavy atom. The topological polar surface area (TPSA) is 99.5 Å². The van der Waals surface area contributed by atoms with Crippen LogP contribution < -0.4 is 4.90 Å². The van der Waals surface area contributed by atoms with Crippen molar-refractivity contribution in [3.63, 3.8) is 0 Å². The van der Waals surface area contributed by atoms with E-state index >= 15 is 0 Å². The summed E-state index contributed by atoms with van der Waals surface area (Å²) in [6.07, 6.45) is 7.23. The summed E-state index contributed by atoms with van der Waals surface area (Å²) >= 11 is 0. The van der Waals surface area contributed by atoms with Gasteiger partial charge in [0.1, 0.15) is 22.0 Å². The highest BCUT2D eigenvalue weighted by molar-refractivity contribution is 7.90. The lowest BCUT2D eigenvalue weighted by Crippen LogP contribution is -2.60. The maximum Gasteiger partial charge on any atom is 0.158 e. The van der Waals surface area contributed by atoms with Gasteiger partial charge in [-0.1, -0.05) is 13.8 Å². The lowest BCUT2D eigenvalue weighted by atomic mass is 9.72. The Kier molecular flexibility index (Phi) is 6.03. The molecule has 0 aromatic carbocycles. The summed E-state index contributed by atoms with van der Waals surface area (Å²) in [6.45, 7) is 13.3. The summed E-state index contributed by atoms with van der Waals surface area (Å²) in [7, 11) is -2.91. The van der Waals surface area contributed by atoms with Crippen molar-refractivity contribution in [2.45, 2.75) is 46.5 Å². The van der Waals surface area contributed by atoms with Gasteiger partial charge in [0.2, 0.25) is 0 Å². The van der Waals surface area contributed by atoms with Crippen LogP contribution in [0.1, 0.15) is 49.3 Å². The number of piperidine rings is 1. The molecule has 2 aliphatic heterocycles. The highest BCUT2D eigenvalue weighted by Crippen LogP contribution is 2.43. The Balaban J connectivity index is 1.25. The first-order valence-electron chi connectivity index (χ1n) is 13.5. The van der Waals surface area contributed by atoms with Crippen molar-refractivity contribution in [3.8, 4) is 11.3 Å². The van der Waals surface area contributed by atoms with E-state index in [1.165, 1.54) is 17.4 Å². The number of fused-ring (bicyclic) bond motifs is 2. The molecule has 2 fully saturated rings. The lowest BCUT2D eigenvalue weighted by Gasteiger charge is -2.54. The van der Waals surface area contributed by atoms with Gasteiger partial charge >= 0.3 is 0 Å². The number of nitrogens with one attached hydrogen (secondary N) is 1. The fraction of sp³-hybridized carbons (Fsp3) is 0.536. The number of anilines is 1. The Hall–Kier alpha value is -2.98. The molecule has 2 aliphatic rings. The molecule has 6 rings (SSSR count). The first-order valence-corrected chi connectivity index (χ1v) is 15.6. The molecule has 9 nitrogen and oxygen atoms in total. The third-order valence-electron chi connectivity index (χ3n) is 8.71. The van der Waals surface area contributed by atoms with E-state index in [0.29, 0.717) is 17.9 Å². The number of aryl methyl sites for hydroxylation is 1. The normalized spacial score (nSPS) is 18.2. The minimum absolute atomic E-state index is 0.249. The van der Waals surface area contributed by atoms with Gasteiger partial charge in [-0.2, -0.15) is 5.10 Å². The molecular formula is C28H37N7O2S. The second kappa shape index (κ2) is 9.05. The minimum Gasteiger partial charge on any atom is -0.355 e. The molecule has 202 valence electrons. The average Bonchev–Trinajstić information content (AvgIpc) is 3.47. The second-order valence-corrected chi connectivity index (χ2v) is 14.0. The SMILES string of the molecule is Cc1c(-c2[nH]c3ccc(N4CC5(CCN(CCS(C)(=O)=O)CC5)C4)nc3c2C(C)C)cn2ncnc2c1C. The van der Waals surface area contributed by atoms with Crippen LogP contribution in [0.4, 0.5) is 5.82 Å². The summed E-state index contributed by atoms with van der Waals surface area (Å²) in [5.41, 5.74) is 9.12. The maximum atomic E-state index is 11.5. The monoisotopic (exact) mass is 535 g/mol. The van der Waals surface area contributed by atoms with Crippen LogP contribution in [0.5, 0.6) is 0 Å². The van der Waals surface area contributed by atoms with Gasteiger partial charge in [-0.05, 0) is 69.0 Å². The molecular weight excluding hydrogens is 498 g/mol. The molecule has 38 heavy (non-hydrogen) atoms. The molecule has 4 aromatic rings. The number of sulfone groups is 1. The Morgan fingerprint density at radius 3 is 2.53 bits per heavy atom. The molecule has 0 saturated carbocycles. The number of nitrogens with zero attached hydrogens (tertiary/aromatic N) is 6. The molecule has 0 radical (unpaired) electrons. The number of H-pyrrole nitrogens is 1. The average molecular weight is 536 g/mol. The van der Waals surface area contributed by atoms with Crippen molar-refractivity contribution in [1.29, 1.82) is 0 Å². The number of likely N-dealkylation sites (tertiary alicyclic amines) is 1. The molecule has 1 spiro atoms. The van der Waals surface area contributed by atoms with Crippen LogP contribution in [-0.4, -0.2) is 82.6 Å². The quantitative estimate of drug-likeness (QED) is 0.399. The van der Waals surface area contributed by atoms with Crippen LogP contribution in [0.25, 0.3) is 27.9 Å². The van der Waals surface area contributed by atoms with Crippen molar-refractivity contribution in [3.05, 3.63) is 41.3 Å². The summed E-state index contributed by atoms with van der Waals surface area (Å²) in [4.78, 5) is 18.0. The first-order chi connectivity index (χ1) is 18.0. The molecule has 0 aliphatic carbocycles. The predicted octanol–water partition coefficient (Wildman–Crippen LogP) is 3.96. The van der Waals surface area contributed by atoms with Crippen molar-refractivity contribution in [2.24, 2.45) is 5.41 Å². The van der Waals surface area contributed by atoms with Crippen LogP contribution in [0.3, 0.4) is 0 Å². The van der Waals surface area contributed by atoms with Crippen LogP contribution >= 0.6 is 0 Å². The molecule has 4 aromatic heterocycles. The summed E-state index contributed by atoms with van der Waals surface area (Å²) < 4.78 is 24.9. The molecule has 0 amide bonds. The Bertz CT molecular complexity index is 1620. The van der Waals surface area contributed by atoms with E-state index in [4.69, 9.17) is 4.98 Å². The molecule has 2 saturated heterocycles. The third-order valence-corrected chi connectivity index (χ3v) is 9.63. The molecule has 0 bridgehead atoms. The molecule has 1 N–H and O–H groups in total. The van der Waals surface area contributed by atoms with Gasteiger partial charge in [-0.3, -0.25) is 0 Å². The van der Waals surface area contributed by atoms with Gasteiger partial charge in [-0.25, -0.2) is 22.9 Å². The van der Waals surface area contributed by atoms with E-state index in [9.17, 15) is 8.42 Å². The van der Waals surface area contributed by atoms with Gasteiger partial charge in [0.15, 0.2) is 5.65 Å². The lowest BCUT2D eigenvalue weighted by molar-refractivity contribution is 0.0794. The van der Waals surface area contributed by atoms with Crippen LogP contribution in [0, 0.1) is 19.3 Å². The smallest absolute Gasteiger partial charge is 0.158 e. The van der Waals surface area contributed by atoms with E-state index in [-0.39, 0.29) is 5.75 Å². The van der Waals surface area contributed by atoms with Gasteiger partial charge in [0.05, 0.1) is 22.5 Å². The van der Waals surface area contributed by atoms with Gasteiger partial charge in [0.25, 0.3) is 0 Å². The van der Waals surface area contributed by atoms with Crippen molar-refractivity contribution in [2.75, 3.05) is 49.6 Å². The predicted molar refractivity (Wildman–Crippen MR) is 152 cm³/mol. The van der Waals surface area contributed by atoms with Crippen molar-refractivity contribution >= 4 is 32.3 Å². The maximum absolute atomic E-state index is 11.5. The Labute approximate surface area is 224 Å². The first kappa shape index (κ1) is 25.3. The molecule has 6 heterocycles. The van der Waals surface area contributed by atoms with E-state index in [0.717, 1.165) is 78.3 Å². The zero-order valence-electron chi connectivity index (χ0n) is 23.0. The number of aromatic amines is 1. The summed E-state index contributed by atoms with van der Waals surface area (Å²) in [6, 6.07) is 4.31. The second-order valence-electron chi connectivity index (χ2n) is 11.8.